The number of anilines is 1. The molecule has 0 amide bonds. The second-order valence-corrected chi connectivity index (χ2v) is 4.34. The first-order valence-corrected chi connectivity index (χ1v) is 5.54. The van der Waals surface area contributed by atoms with Crippen LogP contribution in [-0.4, -0.2) is 19.6 Å². The zero-order chi connectivity index (χ0) is 11.6. The monoisotopic (exact) mass is 232 g/mol. The highest BCUT2D eigenvalue weighted by atomic mass is 32.2. The summed E-state index contributed by atoms with van der Waals surface area (Å²) in [7, 11) is -3.74. The minimum Gasteiger partial charge on any atom is -0.396 e. The van der Waals surface area contributed by atoms with Crippen LogP contribution >= 0.6 is 0 Å². The van der Waals surface area contributed by atoms with Crippen molar-refractivity contribution in [1.82, 2.24) is 0 Å². The summed E-state index contributed by atoms with van der Waals surface area (Å²) in [6.45, 7) is 0. The molecule has 1 aromatic carbocycles. The molecule has 0 aromatic heterocycles. The van der Waals surface area contributed by atoms with Crippen LogP contribution in [0.1, 0.15) is 0 Å². The summed E-state index contributed by atoms with van der Waals surface area (Å²) < 4.78 is 26.0. The van der Waals surface area contributed by atoms with Gasteiger partial charge in [-0.15, -0.1) is 0 Å². The first-order chi connectivity index (χ1) is 6.79. The molecule has 0 unspecified atom stereocenters. The van der Waals surface area contributed by atoms with E-state index in [1.165, 1.54) is 6.07 Å². The van der Waals surface area contributed by atoms with Gasteiger partial charge in [-0.1, -0.05) is 0 Å². The smallest absolute Gasteiger partial charge is 0.306 e. The molecule has 0 saturated heterocycles. The average molecular weight is 232 g/mol. The standard InChI is InChI=1S/C7H8N2O5S/c1-15(12,13)14-7-4-5(9(10)11)2-3-6(7)8/h2-4H,8H2,1H3. The third-order valence-corrected chi connectivity index (χ3v) is 1.93. The van der Waals surface area contributed by atoms with Gasteiger partial charge in [-0.25, -0.2) is 0 Å². The van der Waals surface area contributed by atoms with Crippen LogP contribution in [0.5, 0.6) is 5.75 Å². The number of hydrogen-bond donors (Lipinski definition) is 1. The summed E-state index contributed by atoms with van der Waals surface area (Å²) in [6.07, 6.45) is 0.825. The van der Waals surface area contributed by atoms with E-state index in [2.05, 4.69) is 4.18 Å². The van der Waals surface area contributed by atoms with Gasteiger partial charge in [0.1, 0.15) is 0 Å². The molecule has 0 bridgehead atoms. The Balaban J connectivity index is 3.17. The molecule has 0 spiro atoms. The minimum atomic E-state index is -3.74. The molecule has 0 heterocycles. The van der Waals surface area contributed by atoms with Crippen LogP contribution in [0.4, 0.5) is 11.4 Å². The van der Waals surface area contributed by atoms with Gasteiger partial charge in [-0.3, -0.25) is 10.1 Å². The summed E-state index contributed by atoms with van der Waals surface area (Å²) in [5.41, 5.74) is 5.12. The van der Waals surface area contributed by atoms with E-state index in [0.29, 0.717) is 0 Å². The molecule has 7 nitrogen and oxygen atoms in total. The van der Waals surface area contributed by atoms with Crippen LogP contribution in [-0.2, 0) is 10.1 Å². The summed E-state index contributed by atoms with van der Waals surface area (Å²) in [5, 5.41) is 10.4. The first-order valence-electron chi connectivity index (χ1n) is 3.73. The largest absolute Gasteiger partial charge is 0.396 e. The number of benzene rings is 1. The van der Waals surface area contributed by atoms with Crippen LogP contribution in [0.2, 0.25) is 0 Å². The second kappa shape index (κ2) is 3.73. The van der Waals surface area contributed by atoms with E-state index in [0.717, 1.165) is 18.4 Å². The number of nitrogens with two attached hydrogens (primary N) is 1. The molecule has 0 aliphatic rings. The lowest BCUT2D eigenvalue weighted by Crippen LogP contribution is -2.07. The molecule has 0 atom stereocenters. The van der Waals surface area contributed by atoms with Crippen LogP contribution in [0.25, 0.3) is 0 Å². The predicted octanol–water partition coefficient (Wildman–Crippen LogP) is 0.515. The van der Waals surface area contributed by atoms with Gasteiger partial charge in [-0.05, 0) is 6.07 Å². The number of nitro benzene ring substituents is 1. The molecule has 1 rings (SSSR count). The van der Waals surface area contributed by atoms with Crippen molar-refractivity contribution in [3.8, 4) is 5.75 Å². The molecule has 0 aliphatic carbocycles. The number of nitrogens with zero attached hydrogens (tertiary/aromatic N) is 1. The van der Waals surface area contributed by atoms with E-state index in [1.54, 1.807) is 0 Å². The normalized spacial score (nSPS) is 11.0. The Labute approximate surface area is 85.7 Å². The van der Waals surface area contributed by atoms with Gasteiger partial charge >= 0.3 is 10.1 Å². The van der Waals surface area contributed by atoms with Crippen molar-refractivity contribution < 1.29 is 17.5 Å². The number of non-ortho nitro benzene ring substituents is 1. The van der Waals surface area contributed by atoms with Crippen molar-refractivity contribution in [2.45, 2.75) is 0 Å². The van der Waals surface area contributed by atoms with Crippen LogP contribution in [0, 0.1) is 10.1 Å². The van der Waals surface area contributed by atoms with Crippen molar-refractivity contribution in [2.75, 3.05) is 12.0 Å². The molecule has 0 aliphatic heterocycles. The van der Waals surface area contributed by atoms with Gasteiger partial charge in [-0.2, -0.15) is 8.42 Å². The Kier molecular flexibility index (Phi) is 2.80. The third-order valence-electron chi connectivity index (χ3n) is 1.45. The maximum Gasteiger partial charge on any atom is 0.306 e. The lowest BCUT2D eigenvalue weighted by Gasteiger charge is -2.05. The number of hydrogen-bond acceptors (Lipinski definition) is 6. The molecule has 1 aromatic rings. The van der Waals surface area contributed by atoms with E-state index in [9.17, 15) is 18.5 Å². The molecule has 82 valence electrons. The maximum absolute atomic E-state index is 10.8. The number of rotatable bonds is 3. The average Bonchev–Trinajstić information content (AvgIpc) is 2.06. The molecule has 15 heavy (non-hydrogen) atoms. The van der Waals surface area contributed by atoms with Crippen LogP contribution in [0.15, 0.2) is 18.2 Å². The Morgan fingerprint density at radius 3 is 2.53 bits per heavy atom. The number of nitro groups is 1. The summed E-state index contributed by atoms with van der Waals surface area (Å²) in [6, 6.07) is 3.32. The van der Waals surface area contributed by atoms with Crippen LogP contribution in [0.3, 0.4) is 0 Å². The molecule has 0 saturated carbocycles. The molecule has 2 N–H and O–H groups in total. The Morgan fingerprint density at radius 2 is 2.07 bits per heavy atom. The van der Waals surface area contributed by atoms with E-state index < -0.39 is 15.0 Å². The van der Waals surface area contributed by atoms with Gasteiger partial charge < -0.3 is 9.92 Å². The predicted molar refractivity (Wildman–Crippen MR) is 53.0 cm³/mol. The van der Waals surface area contributed by atoms with Gasteiger partial charge in [0.2, 0.25) is 0 Å². The van der Waals surface area contributed by atoms with Crippen molar-refractivity contribution in [3.05, 3.63) is 28.3 Å². The van der Waals surface area contributed by atoms with Crippen molar-refractivity contribution in [3.63, 3.8) is 0 Å². The molecular weight excluding hydrogens is 224 g/mol. The van der Waals surface area contributed by atoms with Gasteiger partial charge in [0.15, 0.2) is 5.75 Å². The van der Waals surface area contributed by atoms with Crippen molar-refractivity contribution >= 4 is 21.5 Å². The summed E-state index contributed by atoms with van der Waals surface area (Å²) >= 11 is 0. The fraction of sp³-hybridized carbons (Fsp3) is 0.143. The van der Waals surface area contributed by atoms with Gasteiger partial charge in [0.05, 0.1) is 22.9 Å². The fourth-order valence-electron chi connectivity index (χ4n) is 0.872. The van der Waals surface area contributed by atoms with E-state index in [-0.39, 0.29) is 17.1 Å². The van der Waals surface area contributed by atoms with Crippen molar-refractivity contribution in [2.24, 2.45) is 0 Å². The van der Waals surface area contributed by atoms with Crippen molar-refractivity contribution in [1.29, 1.82) is 0 Å². The Morgan fingerprint density at radius 1 is 1.47 bits per heavy atom. The summed E-state index contributed by atoms with van der Waals surface area (Å²) in [5.74, 6) is -0.244. The first kappa shape index (κ1) is 11.2. The zero-order valence-electron chi connectivity index (χ0n) is 7.71. The molecule has 8 heteroatoms. The zero-order valence-corrected chi connectivity index (χ0v) is 8.52. The van der Waals surface area contributed by atoms with E-state index >= 15 is 0 Å². The fourth-order valence-corrected chi connectivity index (χ4v) is 1.34. The third kappa shape index (κ3) is 3.09. The Hall–Kier alpha value is -1.83. The topological polar surface area (TPSA) is 113 Å². The highest BCUT2D eigenvalue weighted by Crippen LogP contribution is 2.27. The second-order valence-electron chi connectivity index (χ2n) is 2.77. The summed E-state index contributed by atoms with van der Waals surface area (Å²) in [4.78, 5) is 9.72. The SMILES string of the molecule is CS(=O)(=O)Oc1cc([N+](=O)[O-])ccc1N. The van der Waals surface area contributed by atoms with E-state index in [4.69, 9.17) is 5.73 Å². The van der Waals surface area contributed by atoms with Gasteiger partial charge in [0.25, 0.3) is 5.69 Å². The minimum absolute atomic E-state index is 0.0195. The maximum atomic E-state index is 10.8. The van der Waals surface area contributed by atoms with E-state index in [1.807, 2.05) is 0 Å². The lowest BCUT2D eigenvalue weighted by atomic mass is 10.3. The molecule has 0 fully saturated rings. The lowest BCUT2D eigenvalue weighted by molar-refractivity contribution is -0.384. The van der Waals surface area contributed by atoms with Gasteiger partial charge in [0, 0.05) is 6.07 Å². The highest BCUT2D eigenvalue weighted by Gasteiger charge is 2.13. The molecular formula is C7H8N2O5S. The number of nitrogen functional groups attached to an aromatic ring is 1. The Bertz CT molecular complexity index is 496. The highest BCUT2D eigenvalue weighted by molar-refractivity contribution is 7.86. The molecule has 0 radical (unpaired) electrons. The quantitative estimate of drug-likeness (QED) is 0.351. The van der Waals surface area contributed by atoms with Crippen LogP contribution < -0.4 is 9.92 Å².